The second-order valence-electron chi connectivity index (χ2n) is 8.63. The minimum Gasteiger partial charge on any atom is -0.358 e. The fraction of sp³-hybridized carbons (Fsp3) is 0.333. The summed E-state index contributed by atoms with van der Waals surface area (Å²) in [7, 11) is 1.70. The lowest BCUT2D eigenvalue weighted by Crippen LogP contribution is -2.27. The van der Waals surface area contributed by atoms with Gasteiger partial charge in [0.2, 0.25) is 0 Å². The lowest BCUT2D eigenvalue weighted by Gasteiger charge is -2.09. The van der Waals surface area contributed by atoms with E-state index in [9.17, 15) is 4.79 Å². The summed E-state index contributed by atoms with van der Waals surface area (Å²) in [5, 5.41) is 14.8. The van der Waals surface area contributed by atoms with E-state index in [1.54, 1.807) is 20.0 Å². The molecule has 1 saturated carbocycles. The van der Waals surface area contributed by atoms with Crippen LogP contribution in [0.1, 0.15) is 54.7 Å². The highest BCUT2D eigenvalue weighted by Gasteiger charge is 2.40. The summed E-state index contributed by atoms with van der Waals surface area (Å²) in [6.07, 6.45) is 3.61. The molecule has 12 heteroatoms. The largest absolute Gasteiger partial charge is 0.358 e. The molecule has 0 aromatic carbocycles. The molecule has 0 saturated heterocycles. The van der Waals surface area contributed by atoms with Gasteiger partial charge in [-0.2, -0.15) is 0 Å². The standard InChI is InChI=1S/C21H20N10O2/c1-10(24-20(32)16-15-19(23-9-22-16)31(3)30-28-15)13-8-12(29-33-13)18-25-11-4-5-14(21(2)6-7-21)26-17(11)27-18/h4-5,8-10H,6-7H2,1-3H3,(H,24,32)(H,25,26,27)/t10-/m1/s1. The fourth-order valence-corrected chi connectivity index (χ4v) is 3.76. The van der Waals surface area contributed by atoms with Gasteiger partial charge in [-0.25, -0.2) is 24.6 Å². The number of H-pyrrole nitrogens is 1. The summed E-state index contributed by atoms with van der Waals surface area (Å²) in [5.74, 6) is 0.617. The number of pyridine rings is 1. The van der Waals surface area contributed by atoms with E-state index in [2.05, 4.69) is 47.6 Å². The molecule has 5 heterocycles. The summed E-state index contributed by atoms with van der Waals surface area (Å²) in [6, 6.07) is 5.28. The Morgan fingerprint density at radius 3 is 2.94 bits per heavy atom. The van der Waals surface area contributed by atoms with Crippen molar-refractivity contribution in [2.75, 3.05) is 0 Å². The molecule has 33 heavy (non-hydrogen) atoms. The third-order valence-electron chi connectivity index (χ3n) is 6.11. The van der Waals surface area contributed by atoms with Crippen LogP contribution in [0.2, 0.25) is 0 Å². The number of carbonyl (C=O) groups excluding carboxylic acids is 1. The number of aromatic nitrogens is 9. The summed E-state index contributed by atoms with van der Waals surface area (Å²) < 4.78 is 6.97. The van der Waals surface area contributed by atoms with E-state index >= 15 is 0 Å². The Morgan fingerprint density at radius 1 is 1.27 bits per heavy atom. The molecule has 1 aliphatic rings. The van der Waals surface area contributed by atoms with Crippen molar-refractivity contribution in [1.82, 2.24) is 50.4 Å². The molecule has 5 aromatic heterocycles. The number of imidazole rings is 1. The second-order valence-corrected chi connectivity index (χ2v) is 8.63. The van der Waals surface area contributed by atoms with Crippen LogP contribution in [0.3, 0.4) is 0 Å². The Kier molecular flexibility index (Phi) is 4.06. The average Bonchev–Trinajstić information content (AvgIpc) is 3.19. The number of hydrogen-bond donors (Lipinski definition) is 2. The number of amides is 1. The number of aryl methyl sites for hydroxylation is 1. The van der Waals surface area contributed by atoms with Gasteiger partial charge < -0.3 is 14.8 Å². The van der Waals surface area contributed by atoms with Crippen molar-refractivity contribution in [3.63, 3.8) is 0 Å². The monoisotopic (exact) mass is 444 g/mol. The van der Waals surface area contributed by atoms with Gasteiger partial charge in [-0.3, -0.25) is 4.79 Å². The lowest BCUT2D eigenvalue weighted by atomic mass is 10.1. The Morgan fingerprint density at radius 2 is 2.12 bits per heavy atom. The summed E-state index contributed by atoms with van der Waals surface area (Å²) in [5.41, 5.74) is 4.21. The zero-order chi connectivity index (χ0) is 22.7. The zero-order valence-corrected chi connectivity index (χ0v) is 18.2. The van der Waals surface area contributed by atoms with Crippen LogP contribution in [-0.4, -0.2) is 51.0 Å². The molecule has 5 aromatic rings. The Bertz CT molecular complexity index is 1530. The predicted molar refractivity (Wildman–Crippen MR) is 116 cm³/mol. The highest BCUT2D eigenvalue weighted by Crippen LogP contribution is 2.46. The van der Waals surface area contributed by atoms with Gasteiger partial charge in [0, 0.05) is 24.2 Å². The summed E-state index contributed by atoms with van der Waals surface area (Å²) in [4.78, 5) is 33.5. The molecule has 0 bridgehead atoms. The first-order valence-corrected chi connectivity index (χ1v) is 10.6. The second kappa shape index (κ2) is 6.89. The Hall–Kier alpha value is -4.22. The molecule has 166 valence electrons. The summed E-state index contributed by atoms with van der Waals surface area (Å²) in [6.45, 7) is 4.01. The van der Waals surface area contributed by atoms with Crippen LogP contribution in [0, 0.1) is 0 Å². The third-order valence-corrected chi connectivity index (χ3v) is 6.11. The van der Waals surface area contributed by atoms with Crippen molar-refractivity contribution < 1.29 is 9.32 Å². The van der Waals surface area contributed by atoms with Crippen LogP contribution in [0.5, 0.6) is 0 Å². The maximum Gasteiger partial charge on any atom is 0.273 e. The van der Waals surface area contributed by atoms with E-state index < -0.39 is 11.9 Å². The molecule has 1 aliphatic carbocycles. The molecule has 0 spiro atoms. The van der Waals surface area contributed by atoms with Crippen LogP contribution in [-0.2, 0) is 12.5 Å². The van der Waals surface area contributed by atoms with Gasteiger partial charge in [-0.1, -0.05) is 17.3 Å². The first kappa shape index (κ1) is 19.5. The van der Waals surface area contributed by atoms with Crippen molar-refractivity contribution in [2.45, 2.75) is 38.1 Å². The molecule has 0 radical (unpaired) electrons. The van der Waals surface area contributed by atoms with E-state index in [1.807, 2.05) is 12.1 Å². The van der Waals surface area contributed by atoms with Crippen molar-refractivity contribution in [1.29, 1.82) is 0 Å². The van der Waals surface area contributed by atoms with Gasteiger partial charge in [0.05, 0.1) is 6.04 Å². The number of rotatable bonds is 5. The molecule has 6 rings (SSSR count). The van der Waals surface area contributed by atoms with E-state index in [1.165, 1.54) is 11.0 Å². The Labute approximate surface area is 186 Å². The van der Waals surface area contributed by atoms with Gasteiger partial charge in [0.15, 0.2) is 34.1 Å². The normalized spacial score (nSPS) is 15.7. The molecule has 2 N–H and O–H groups in total. The van der Waals surface area contributed by atoms with E-state index in [4.69, 9.17) is 9.51 Å². The summed E-state index contributed by atoms with van der Waals surface area (Å²) >= 11 is 0. The van der Waals surface area contributed by atoms with Crippen molar-refractivity contribution in [3.8, 4) is 11.5 Å². The maximum absolute atomic E-state index is 12.8. The first-order chi connectivity index (χ1) is 15.9. The van der Waals surface area contributed by atoms with Crippen LogP contribution in [0.25, 0.3) is 33.8 Å². The molecular formula is C21H20N10O2. The Balaban J connectivity index is 1.23. The number of aromatic amines is 1. The molecule has 1 atom stereocenters. The maximum atomic E-state index is 12.8. The molecular weight excluding hydrogens is 424 g/mol. The molecule has 1 amide bonds. The van der Waals surface area contributed by atoms with Crippen molar-refractivity contribution in [2.24, 2.45) is 7.05 Å². The van der Waals surface area contributed by atoms with Crippen molar-refractivity contribution >= 4 is 28.2 Å². The van der Waals surface area contributed by atoms with Gasteiger partial charge in [-0.15, -0.1) is 5.10 Å². The molecule has 1 fully saturated rings. The first-order valence-electron chi connectivity index (χ1n) is 10.6. The molecule has 12 nitrogen and oxygen atoms in total. The molecule has 0 aliphatic heterocycles. The zero-order valence-electron chi connectivity index (χ0n) is 18.2. The van der Waals surface area contributed by atoms with E-state index in [0.29, 0.717) is 28.4 Å². The topological polar surface area (TPSA) is 153 Å². The number of nitrogens with one attached hydrogen (secondary N) is 2. The minimum atomic E-state index is -0.468. The van der Waals surface area contributed by atoms with Crippen LogP contribution >= 0.6 is 0 Å². The minimum absolute atomic E-state index is 0.142. The lowest BCUT2D eigenvalue weighted by molar-refractivity contribution is 0.0930. The van der Waals surface area contributed by atoms with Crippen molar-refractivity contribution in [3.05, 3.63) is 41.7 Å². The third kappa shape index (κ3) is 3.22. The van der Waals surface area contributed by atoms with Gasteiger partial charge in [0.1, 0.15) is 17.5 Å². The van der Waals surface area contributed by atoms with Gasteiger partial charge >= 0.3 is 0 Å². The quantitative estimate of drug-likeness (QED) is 0.415. The highest BCUT2D eigenvalue weighted by atomic mass is 16.5. The average molecular weight is 444 g/mol. The smallest absolute Gasteiger partial charge is 0.273 e. The number of nitrogens with zero attached hydrogens (tertiary/aromatic N) is 8. The van der Waals surface area contributed by atoms with E-state index in [-0.39, 0.29) is 11.1 Å². The van der Waals surface area contributed by atoms with E-state index in [0.717, 1.165) is 29.7 Å². The number of fused-ring (bicyclic) bond motifs is 2. The van der Waals surface area contributed by atoms with Crippen LogP contribution in [0.4, 0.5) is 0 Å². The number of hydrogen-bond acceptors (Lipinski definition) is 9. The predicted octanol–water partition coefficient (Wildman–Crippen LogP) is 2.23. The van der Waals surface area contributed by atoms with Crippen LogP contribution in [0.15, 0.2) is 29.0 Å². The fourth-order valence-electron chi connectivity index (χ4n) is 3.76. The number of carbonyl (C=O) groups is 1. The van der Waals surface area contributed by atoms with Crippen LogP contribution < -0.4 is 5.32 Å². The molecule has 0 unspecified atom stereocenters. The van der Waals surface area contributed by atoms with Gasteiger partial charge in [-0.05, 0) is 31.9 Å². The van der Waals surface area contributed by atoms with Gasteiger partial charge in [0.25, 0.3) is 5.91 Å². The highest BCUT2D eigenvalue weighted by molar-refractivity contribution is 6.01. The SMILES string of the molecule is C[C@@H](NC(=O)c1ncnc2c1nnn2C)c1cc(-c2nc3ccc(C4(C)CC4)nc3[nH]2)no1.